The molecule has 0 spiro atoms. The first-order valence-electron chi connectivity index (χ1n) is 6.87. The first-order chi connectivity index (χ1) is 11.1. The van der Waals surface area contributed by atoms with E-state index in [1.54, 1.807) is 42.5 Å². The molecule has 118 valence electrons. The van der Waals surface area contributed by atoms with Crippen molar-refractivity contribution in [3.63, 3.8) is 0 Å². The van der Waals surface area contributed by atoms with Crippen LogP contribution >= 0.6 is 0 Å². The number of halogens is 1. The zero-order valence-electron chi connectivity index (χ0n) is 12.5. The van der Waals surface area contributed by atoms with Crippen molar-refractivity contribution in [2.24, 2.45) is 5.16 Å². The summed E-state index contributed by atoms with van der Waals surface area (Å²) >= 11 is 0. The molecule has 0 atom stereocenters. The normalized spacial score (nSPS) is 10.5. The molecule has 0 aromatic heterocycles. The maximum Gasteiger partial charge on any atom is 0.265 e. The van der Waals surface area contributed by atoms with Gasteiger partial charge in [0.15, 0.2) is 12.4 Å². The van der Waals surface area contributed by atoms with Crippen molar-refractivity contribution in [1.82, 2.24) is 0 Å². The van der Waals surface area contributed by atoms with Gasteiger partial charge < -0.3 is 10.2 Å². The molecule has 1 N–H and O–H groups in total. The van der Waals surface area contributed by atoms with E-state index in [0.717, 1.165) is 0 Å². The van der Waals surface area contributed by atoms with Gasteiger partial charge in [-0.3, -0.25) is 9.59 Å². The second-order valence-electron chi connectivity index (χ2n) is 4.71. The van der Waals surface area contributed by atoms with Crippen LogP contribution in [0.25, 0.3) is 0 Å². The number of hydrogen-bond acceptors (Lipinski definition) is 4. The molecule has 2 rings (SSSR count). The van der Waals surface area contributed by atoms with Crippen LogP contribution in [0, 0.1) is 5.82 Å². The lowest BCUT2D eigenvalue weighted by Gasteiger charge is -2.04. The summed E-state index contributed by atoms with van der Waals surface area (Å²) in [6.45, 7) is 1.16. The maximum absolute atomic E-state index is 13.3. The molecule has 1 amide bonds. The molecule has 2 aromatic carbocycles. The van der Waals surface area contributed by atoms with Crippen LogP contribution in [0.1, 0.15) is 22.8 Å². The van der Waals surface area contributed by atoms with E-state index in [4.69, 9.17) is 4.84 Å². The van der Waals surface area contributed by atoms with Gasteiger partial charge in [-0.25, -0.2) is 4.39 Å². The third-order valence-corrected chi connectivity index (χ3v) is 2.94. The minimum atomic E-state index is -0.421. The molecule has 0 heterocycles. The number of carbonyl (C=O) groups is 2. The Balaban J connectivity index is 1.81. The number of anilines is 1. The molecule has 0 unspecified atom stereocenters. The summed E-state index contributed by atoms with van der Waals surface area (Å²) in [5, 5.41) is 6.15. The summed E-state index contributed by atoms with van der Waals surface area (Å²) in [4.78, 5) is 27.6. The van der Waals surface area contributed by atoms with Gasteiger partial charge in [0.1, 0.15) is 5.82 Å². The number of nitrogens with one attached hydrogen (secondary N) is 1. The number of benzene rings is 2. The Kier molecular flexibility index (Phi) is 5.57. The highest BCUT2D eigenvalue weighted by molar-refractivity contribution is 5.95. The van der Waals surface area contributed by atoms with Crippen LogP contribution in [0.5, 0.6) is 0 Å². The second kappa shape index (κ2) is 7.84. The molecule has 0 aliphatic carbocycles. The van der Waals surface area contributed by atoms with Crippen LogP contribution in [-0.2, 0) is 9.63 Å². The number of hydrogen-bond donors (Lipinski definition) is 1. The van der Waals surface area contributed by atoms with Crippen LogP contribution in [0.3, 0.4) is 0 Å². The molecule has 0 aliphatic rings. The average molecular weight is 314 g/mol. The summed E-state index contributed by atoms with van der Waals surface area (Å²) in [7, 11) is 0. The van der Waals surface area contributed by atoms with Crippen LogP contribution in [0.2, 0.25) is 0 Å². The van der Waals surface area contributed by atoms with Crippen LogP contribution in [0.15, 0.2) is 53.7 Å². The highest BCUT2D eigenvalue weighted by Crippen LogP contribution is 2.10. The second-order valence-corrected chi connectivity index (χ2v) is 4.71. The summed E-state index contributed by atoms with van der Waals surface area (Å²) < 4.78 is 13.3. The Morgan fingerprint density at radius 2 is 1.87 bits per heavy atom. The van der Waals surface area contributed by atoms with Crippen LogP contribution < -0.4 is 5.32 Å². The summed E-state index contributed by atoms with van der Waals surface area (Å²) in [6, 6.07) is 12.6. The van der Waals surface area contributed by atoms with E-state index in [9.17, 15) is 14.0 Å². The predicted octanol–water partition coefficient (Wildman–Crippen LogP) is 3.02. The lowest BCUT2D eigenvalue weighted by Crippen LogP contribution is -2.17. The molecular formula is C17H15FN2O3. The monoisotopic (exact) mass is 314 g/mol. The number of carbonyl (C=O) groups excluding carboxylic acids is 2. The average Bonchev–Trinajstić information content (AvgIpc) is 2.53. The van der Waals surface area contributed by atoms with Crippen molar-refractivity contribution in [2.45, 2.75) is 6.92 Å². The van der Waals surface area contributed by atoms with Crippen molar-refractivity contribution in [2.75, 3.05) is 11.9 Å². The van der Waals surface area contributed by atoms with Gasteiger partial charge in [-0.15, -0.1) is 0 Å². The molecule has 2 aromatic rings. The molecule has 0 saturated carbocycles. The minimum absolute atomic E-state index is 0.0475. The fraction of sp³-hybridized carbons (Fsp3) is 0.118. The Labute approximate surface area is 132 Å². The van der Waals surface area contributed by atoms with Crippen molar-refractivity contribution in [1.29, 1.82) is 0 Å². The summed E-state index contributed by atoms with van der Waals surface area (Å²) in [5.41, 5.74) is 1.38. The highest BCUT2D eigenvalue weighted by Gasteiger charge is 2.04. The molecule has 0 radical (unpaired) electrons. The SMILES string of the molecule is CC(=O)c1ccc(NC(=O)CO/N=C\c2ccccc2F)cc1. The Hall–Kier alpha value is -3.02. The van der Waals surface area contributed by atoms with Crippen LogP contribution in [0.4, 0.5) is 10.1 Å². The third-order valence-electron chi connectivity index (χ3n) is 2.94. The van der Waals surface area contributed by atoms with E-state index < -0.39 is 11.7 Å². The van der Waals surface area contributed by atoms with Gasteiger partial charge >= 0.3 is 0 Å². The van der Waals surface area contributed by atoms with Crippen molar-refractivity contribution >= 4 is 23.6 Å². The largest absolute Gasteiger partial charge is 0.386 e. The van der Waals surface area contributed by atoms with Gasteiger partial charge in [0.25, 0.3) is 5.91 Å². The molecule has 6 heteroatoms. The van der Waals surface area contributed by atoms with E-state index in [1.165, 1.54) is 19.2 Å². The van der Waals surface area contributed by atoms with Gasteiger partial charge in [0, 0.05) is 16.8 Å². The lowest BCUT2D eigenvalue weighted by molar-refractivity contribution is -0.120. The van der Waals surface area contributed by atoms with E-state index in [0.29, 0.717) is 11.3 Å². The number of amides is 1. The molecule has 23 heavy (non-hydrogen) atoms. The zero-order valence-corrected chi connectivity index (χ0v) is 12.5. The maximum atomic E-state index is 13.3. The Morgan fingerprint density at radius 1 is 1.17 bits per heavy atom. The van der Waals surface area contributed by atoms with Crippen molar-refractivity contribution < 1.29 is 18.8 Å². The fourth-order valence-corrected chi connectivity index (χ4v) is 1.76. The lowest BCUT2D eigenvalue weighted by atomic mass is 10.1. The summed E-state index contributed by atoms with van der Waals surface area (Å²) in [6.07, 6.45) is 1.20. The first kappa shape index (κ1) is 16.4. The Morgan fingerprint density at radius 3 is 2.52 bits per heavy atom. The van der Waals surface area contributed by atoms with Crippen LogP contribution in [-0.4, -0.2) is 24.5 Å². The summed E-state index contributed by atoms with van der Waals surface area (Å²) in [5.74, 6) is -0.880. The topological polar surface area (TPSA) is 67.8 Å². The van der Waals surface area contributed by atoms with E-state index >= 15 is 0 Å². The van der Waals surface area contributed by atoms with Crippen molar-refractivity contribution in [3.8, 4) is 0 Å². The molecule has 0 aliphatic heterocycles. The fourth-order valence-electron chi connectivity index (χ4n) is 1.76. The smallest absolute Gasteiger partial charge is 0.265 e. The molecule has 0 bridgehead atoms. The molecule has 0 saturated heterocycles. The van der Waals surface area contributed by atoms with Gasteiger partial charge in [-0.05, 0) is 37.3 Å². The number of ketones is 1. The van der Waals surface area contributed by atoms with Gasteiger partial charge in [-0.2, -0.15) is 0 Å². The molecule has 0 fully saturated rings. The number of rotatable bonds is 6. The number of oxime groups is 1. The molecular weight excluding hydrogens is 299 g/mol. The zero-order chi connectivity index (χ0) is 16.7. The van der Waals surface area contributed by atoms with Gasteiger partial charge in [0.05, 0.1) is 6.21 Å². The predicted molar refractivity (Wildman–Crippen MR) is 85.0 cm³/mol. The van der Waals surface area contributed by atoms with E-state index in [2.05, 4.69) is 10.5 Å². The third kappa shape index (κ3) is 5.03. The quantitative estimate of drug-likeness (QED) is 0.506. The molecule has 5 nitrogen and oxygen atoms in total. The standard InChI is InChI=1S/C17H15FN2O3/c1-12(21)13-6-8-15(9-7-13)20-17(22)11-23-19-10-14-4-2-3-5-16(14)18/h2-10H,11H2,1H3,(H,20,22)/b19-10-. The minimum Gasteiger partial charge on any atom is -0.386 e. The van der Waals surface area contributed by atoms with Gasteiger partial charge in [0.2, 0.25) is 0 Å². The Bertz CT molecular complexity index is 727. The van der Waals surface area contributed by atoms with E-state index in [1.807, 2.05) is 0 Å². The first-order valence-corrected chi connectivity index (χ1v) is 6.87. The van der Waals surface area contributed by atoms with Crippen molar-refractivity contribution in [3.05, 3.63) is 65.5 Å². The number of Topliss-reactive ketones (excluding diaryl/α,β-unsaturated/α-hetero) is 1. The van der Waals surface area contributed by atoms with Gasteiger partial charge in [-0.1, -0.05) is 23.4 Å². The number of nitrogens with zero attached hydrogens (tertiary/aromatic N) is 1. The van der Waals surface area contributed by atoms with E-state index in [-0.39, 0.29) is 18.0 Å². The highest BCUT2D eigenvalue weighted by atomic mass is 19.1.